The number of rotatable bonds is 2. The van der Waals surface area contributed by atoms with E-state index < -0.39 is 0 Å². The molecule has 4 heteroatoms. The van der Waals surface area contributed by atoms with Gasteiger partial charge < -0.3 is 9.88 Å². The number of nitrogens with zero attached hydrogens (tertiary/aromatic N) is 1. The molecule has 2 aromatic carbocycles. The maximum Gasteiger partial charge on any atom is 0.258 e. The van der Waals surface area contributed by atoms with Gasteiger partial charge in [0.15, 0.2) is 0 Å². The summed E-state index contributed by atoms with van der Waals surface area (Å²) < 4.78 is 1.64. The van der Waals surface area contributed by atoms with Crippen LogP contribution >= 0.6 is 12.4 Å². The first kappa shape index (κ1) is 15.1. The number of nitrogens with one attached hydrogen (secondary N) is 1. The number of fused-ring (bicyclic) bond motifs is 1. The standard InChI is InChI=1S/C17H16N2O.ClH/c1-18-13-7-5-6-12(10-13)16-11-19(2)17(20)15-9-4-3-8-14(15)16;/h3-11,18H,1-2H3;1H. The number of halogens is 1. The van der Waals surface area contributed by atoms with Gasteiger partial charge in [-0.25, -0.2) is 0 Å². The van der Waals surface area contributed by atoms with E-state index in [0.717, 1.165) is 27.6 Å². The van der Waals surface area contributed by atoms with Gasteiger partial charge in [-0.2, -0.15) is 0 Å². The molecule has 0 amide bonds. The summed E-state index contributed by atoms with van der Waals surface area (Å²) in [5, 5.41) is 4.88. The van der Waals surface area contributed by atoms with Gasteiger partial charge in [-0.3, -0.25) is 4.79 Å². The fourth-order valence-corrected chi connectivity index (χ4v) is 2.49. The van der Waals surface area contributed by atoms with Crippen LogP contribution in [0.4, 0.5) is 5.69 Å². The van der Waals surface area contributed by atoms with Crippen molar-refractivity contribution < 1.29 is 0 Å². The van der Waals surface area contributed by atoms with Crippen molar-refractivity contribution in [1.29, 1.82) is 0 Å². The van der Waals surface area contributed by atoms with Crippen molar-refractivity contribution in [3.8, 4) is 11.1 Å². The smallest absolute Gasteiger partial charge is 0.258 e. The van der Waals surface area contributed by atoms with Crippen LogP contribution in [0.3, 0.4) is 0 Å². The molecule has 0 aliphatic carbocycles. The minimum Gasteiger partial charge on any atom is -0.388 e. The molecule has 0 radical (unpaired) electrons. The molecule has 0 spiro atoms. The largest absolute Gasteiger partial charge is 0.388 e. The van der Waals surface area contributed by atoms with Crippen LogP contribution in [0.25, 0.3) is 21.9 Å². The van der Waals surface area contributed by atoms with Crippen molar-refractivity contribution in [2.75, 3.05) is 12.4 Å². The maximum absolute atomic E-state index is 12.2. The molecule has 1 N–H and O–H groups in total. The van der Waals surface area contributed by atoms with Crippen LogP contribution < -0.4 is 10.9 Å². The Morgan fingerprint density at radius 2 is 1.71 bits per heavy atom. The van der Waals surface area contributed by atoms with Crippen LogP contribution in [-0.2, 0) is 7.05 Å². The summed E-state index contributed by atoms with van der Waals surface area (Å²) in [5.74, 6) is 0. The summed E-state index contributed by atoms with van der Waals surface area (Å²) in [6, 6.07) is 15.9. The van der Waals surface area contributed by atoms with Gasteiger partial charge in [-0.1, -0.05) is 30.3 Å². The van der Waals surface area contributed by atoms with Gasteiger partial charge in [0.1, 0.15) is 0 Å². The van der Waals surface area contributed by atoms with Crippen molar-refractivity contribution in [1.82, 2.24) is 4.57 Å². The first-order valence-corrected chi connectivity index (χ1v) is 6.57. The van der Waals surface area contributed by atoms with Gasteiger partial charge in [-0.05, 0) is 29.1 Å². The molecule has 0 atom stereocenters. The van der Waals surface area contributed by atoms with Crippen LogP contribution in [0.2, 0.25) is 0 Å². The van der Waals surface area contributed by atoms with Crippen LogP contribution in [0.15, 0.2) is 59.5 Å². The lowest BCUT2D eigenvalue weighted by atomic mass is 10.0. The van der Waals surface area contributed by atoms with E-state index in [0.29, 0.717) is 0 Å². The van der Waals surface area contributed by atoms with Crippen molar-refractivity contribution >= 4 is 28.9 Å². The minimum absolute atomic E-state index is 0. The summed E-state index contributed by atoms with van der Waals surface area (Å²) in [7, 11) is 3.69. The molecular formula is C17H17ClN2O. The van der Waals surface area contributed by atoms with E-state index >= 15 is 0 Å². The quantitative estimate of drug-likeness (QED) is 0.783. The summed E-state index contributed by atoms with van der Waals surface area (Å²) in [4.78, 5) is 12.2. The topological polar surface area (TPSA) is 34.0 Å². The minimum atomic E-state index is 0. The van der Waals surface area contributed by atoms with Crippen LogP contribution in [0.5, 0.6) is 0 Å². The van der Waals surface area contributed by atoms with Crippen molar-refractivity contribution in [2.24, 2.45) is 7.05 Å². The predicted molar refractivity (Wildman–Crippen MR) is 91.4 cm³/mol. The van der Waals surface area contributed by atoms with Crippen molar-refractivity contribution in [2.45, 2.75) is 0 Å². The van der Waals surface area contributed by atoms with E-state index in [1.165, 1.54) is 0 Å². The Morgan fingerprint density at radius 3 is 2.43 bits per heavy atom. The molecule has 1 heterocycles. The molecule has 21 heavy (non-hydrogen) atoms. The molecule has 0 fully saturated rings. The second kappa shape index (κ2) is 6.02. The third-order valence-electron chi connectivity index (χ3n) is 3.55. The zero-order valence-electron chi connectivity index (χ0n) is 12.0. The van der Waals surface area contributed by atoms with E-state index in [1.807, 2.05) is 49.6 Å². The molecule has 3 rings (SSSR count). The van der Waals surface area contributed by atoms with Crippen LogP contribution in [0, 0.1) is 0 Å². The van der Waals surface area contributed by atoms with E-state index in [-0.39, 0.29) is 18.0 Å². The molecule has 3 nitrogen and oxygen atoms in total. The first-order valence-electron chi connectivity index (χ1n) is 6.57. The number of benzene rings is 2. The normalized spacial score (nSPS) is 10.2. The fourth-order valence-electron chi connectivity index (χ4n) is 2.49. The molecule has 0 bridgehead atoms. The van der Waals surface area contributed by atoms with E-state index in [2.05, 4.69) is 17.4 Å². The molecule has 1 aromatic heterocycles. The zero-order chi connectivity index (χ0) is 14.1. The van der Waals surface area contributed by atoms with Crippen LogP contribution in [-0.4, -0.2) is 11.6 Å². The Labute approximate surface area is 129 Å². The predicted octanol–water partition coefficient (Wildman–Crippen LogP) is 3.67. The SMILES string of the molecule is CNc1cccc(-c2cn(C)c(=O)c3ccccc23)c1.Cl. The zero-order valence-corrected chi connectivity index (χ0v) is 12.8. The lowest BCUT2D eigenvalue weighted by molar-refractivity contribution is 0.875. The monoisotopic (exact) mass is 300 g/mol. The average molecular weight is 301 g/mol. The summed E-state index contributed by atoms with van der Waals surface area (Å²) in [6.07, 6.45) is 1.90. The Hall–Kier alpha value is -2.26. The highest BCUT2D eigenvalue weighted by Crippen LogP contribution is 2.28. The Balaban J connectivity index is 0.00000161. The molecule has 0 saturated heterocycles. The molecule has 108 valence electrons. The first-order chi connectivity index (χ1) is 9.70. The number of hydrogen-bond donors (Lipinski definition) is 1. The van der Waals surface area contributed by atoms with Crippen molar-refractivity contribution in [3.63, 3.8) is 0 Å². The van der Waals surface area contributed by atoms with E-state index in [4.69, 9.17) is 0 Å². The van der Waals surface area contributed by atoms with Gasteiger partial charge >= 0.3 is 0 Å². The molecule has 0 saturated carbocycles. The van der Waals surface area contributed by atoms with Crippen LogP contribution in [0.1, 0.15) is 0 Å². The third-order valence-corrected chi connectivity index (χ3v) is 3.55. The molecule has 0 aliphatic rings. The van der Waals surface area contributed by atoms with E-state index in [9.17, 15) is 4.79 Å². The second-order valence-electron chi connectivity index (χ2n) is 4.84. The van der Waals surface area contributed by atoms with Gasteiger partial charge in [0.25, 0.3) is 5.56 Å². The molecule has 0 aliphatic heterocycles. The summed E-state index contributed by atoms with van der Waals surface area (Å²) in [5.41, 5.74) is 3.26. The summed E-state index contributed by atoms with van der Waals surface area (Å²) in [6.45, 7) is 0. The number of aromatic nitrogens is 1. The van der Waals surface area contributed by atoms with Crippen molar-refractivity contribution in [3.05, 3.63) is 65.1 Å². The Kier molecular flexibility index (Phi) is 4.34. The fraction of sp³-hybridized carbons (Fsp3) is 0.118. The van der Waals surface area contributed by atoms with Gasteiger partial charge in [0.2, 0.25) is 0 Å². The number of hydrogen-bond acceptors (Lipinski definition) is 2. The highest BCUT2D eigenvalue weighted by atomic mass is 35.5. The maximum atomic E-state index is 12.2. The molecule has 0 unspecified atom stereocenters. The van der Waals surface area contributed by atoms with Gasteiger partial charge in [0.05, 0.1) is 0 Å². The van der Waals surface area contributed by atoms with Gasteiger partial charge in [-0.15, -0.1) is 12.4 Å². The lowest BCUT2D eigenvalue weighted by Gasteiger charge is -2.10. The number of anilines is 1. The summed E-state index contributed by atoms with van der Waals surface area (Å²) >= 11 is 0. The molecule has 3 aromatic rings. The number of pyridine rings is 1. The highest BCUT2D eigenvalue weighted by molar-refractivity contribution is 5.96. The Morgan fingerprint density at radius 1 is 1.00 bits per heavy atom. The second-order valence-corrected chi connectivity index (χ2v) is 4.84. The van der Waals surface area contributed by atoms with E-state index in [1.54, 1.807) is 11.6 Å². The number of aryl methyl sites for hydroxylation is 1. The van der Waals surface area contributed by atoms with Gasteiger partial charge in [0, 0.05) is 36.9 Å². The average Bonchev–Trinajstić information content (AvgIpc) is 2.51. The highest BCUT2D eigenvalue weighted by Gasteiger charge is 2.08. The Bertz CT molecular complexity index is 840. The molecular weight excluding hydrogens is 284 g/mol. The lowest BCUT2D eigenvalue weighted by Crippen LogP contribution is -2.16. The third kappa shape index (κ3) is 2.65.